The van der Waals surface area contributed by atoms with E-state index in [4.69, 9.17) is 9.47 Å². The molecule has 6 aromatic rings. The minimum absolute atomic E-state index is 0.111. The van der Waals surface area contributed by atoms with E-state index in [1.165, 1.54) is 12.1 Å². The molecule has 332 valence electrons. The molecular weight excluding hydrogens is 829 g/mol. The summed E-state index contributed by atoms with van der Waals surface area (Å²) < 4.78 is 63.7. The van der Waals surface area contributed by atoms with E-state index < -0.39 is 47.3 Å². The Kier molecular flexibility index (Phi) is 18.6. The number of pyridine rings is 2. The number of ether oxygens (including phenoxy) is 2. The number of hydrogen-bond donors (Lipinski definition) is 2. The van der Waals surface area contributed by atoms with Crippen molar-refractivity contribution < 1.29 is 46.2 Å². The maximum absolute atomic E-state index is 13.6. The van der Waals surface area contributed by atoms with Gasteiger partial charge in [-0.15, -0.1) is 0 Å². The monoisotopic (exact) mass is 876 g/mol. The van der Waals surface area contributed by atoms with Crippen molar-refractivity contribution in [1.82, 2.24) is 20.6 Å². The largest absolute Gasteiger partial charge is 0.465 e. The zero-order valence-electron chi connectivity index (χ0n) is 35.4. The van der Waals surface area contributed by atoms with E-state index in [0.29, 0.717) is 11.1 Å². The molecule has 2 N–H and O–H groups in total. The summed E-state index contributed by atoms with van der Waals surface area (Å²) >= 11 is 0. The molecule has 0 fully saturated rings. The molecule has 0 aliphatic heterocycles. The van der Waals surface area contributed by atoms with E-state index in [0.717, 1.165) is 57.6 Å². The molecule has 10 nitrogen and oxygen atoms in total. The first-order chi connectivity index (χ1) is 30.9. The molecule has 6 rings (SSSR count). The highest BCUT2D eigenvalue weighted by Crippen LogP contribution is 2.22. The first kappa shape index (κ1) is 48.1. The van der Waals surface area contributed by atoms with Crippen LogP contribution in [0, 0.1) is 23.3 Å². The Morgan fingerprint density at radius 2 is 0.875 bits per heavy atom. The molecule has 4 aromatic carbocycles. The number of carbonyl (C=O) groups is 4. The first-order valence-corrected chi connectivity index (χ1v) is 20.6. The predicted octanol–water partition coefficient (Wildman–Crippen LogP) is 7.80. The van der Waals surface area contributed by atoms with Crippen molar-refractivity contribution >= 4 is 23.5 Å². The van der Waals surface area contributed by atoms with Gasteiger partial charge in [-0.2, -0.15) is 0 Å². The van der Waals surface area contributed by atoms with Crippen molar-refractivity contribution in [1.29, 1.82) is 0 Å². The zero-order chi connectivity index (χ0) is 45.8. The van der Waals surface area contributed by atoms with Gasteiger partial charge in [0, 0.05) is 37.6 Å². The predicted molar refractivity (Wildman–Crippen MR) is 234 cm³/mol. The number of rotatable bonds is 20. The summed E-state index contributed by atoms with van der Waals surface area (Å²) in [7, 11) is 0. The van der Waals surface area contributed by atoms with Crippen LogP contribution < -0.4 is 10.6 Å². The van der Waals surface area contributed by atoms with Crippen LogP contribution in [-0.2, 0) is 54.3 Å². The summed E-state index contributed by atoms with van der Waals surface area (Å²) in [5, 5.41) is 5.81. The van der Waals surface area contributed by atoms with E-state index in [1.54, 1.807) is 38.6 Å². The number of esters is 2. The van der Waals surface area contributed by atoms with Gasteiger partial charge in [-0.05, 0) is 120 Å². The Morgan fingerprint density at radius 1 is 0.484 bits per heavy atom. The van der Waals surface area contributed by atoms with E-state index in [1.807, 2.05) is 72.8 Å². The standard InChI is InChI=1S/2C25H24F2N2O3/c2*1-2-32-25(31)16-29-23(14-18-6-7-21(26)22(27)13-18)24(30)15-17-4-3-5-20(12-17)19-8-10-28-11-9-19/h2*3-13,23,29H,2,14-16H2,1H3/t2*23-/m00/s1. The molecule has 0 unspecified atom stereocenters. The average Bonchev–Trinajstić information content (AvgIpc) is 3.30. The Labute approximate surface area is 369 Å². The minimum Gasteiger partial charge on any atom is -0.465 e. The number of benzene rings is 4. The fraction of sp³-hybridized carbons (Fsp3) is 0.240. The van der Waals surface area contributed by atoms with Gasteiger partial charge in [-0.3, -0.25) is 39.8 Å². The van der Waals surface area contributed by atoms with Crippen molar-refractivity contribution in [3.8, 4) is 22.3 Å². The number of Topliss-reactive ketones (excluding diaryl/α,β-unsaturated/α-hetero) is 2. The highest BCUT2D eigenvalue weighted by atomic mass is 19.2. The zero-order valence-corrected chi connectivity index (χ0v) is 35.4. The van der Waals surface area contributed by atoms with Gasteiger partial charge >= 0.3 is 11.9 Å². The van der Waals surface area contributed by atoms with E-state index in [-0.39, 0.29) is 63.6 Å². The van der Waals surface area contributed by atoms with Gasteiger partial charge in [0.05, 0.1) is 38.4 Å². The third-order valence-corrected chi connectivity index (χ3v) is 9.86. The smallest absolute Gasteiger partial charge is 0.319 e. The van der Waals surface area contributed by atoms with Crippen molar-refractivity contribution in [3.05, 3.63) is 180 Å². The average molecular weight is 877 g/mol. The SMILES string of the molecule is CCOC(=O)CN[C@@H](Cc1ccc(F)c(F)c1)C(=O)Cc1cccc(-c2ccncc2)c1.CCOC(=O)CN[C@@H](Cc1ccc(F)c(F)c1)C(=O)Cc1cccc(-c2ccncc2)c1. The number of ketones is 2. The lowest BCUT2D eigenvalue weighted by Crippen LogP contribution is -2.42. The van der Waals surface area contributed by atoms with Gasteiger partial charge in [-0.25, -0.2) is 17.6 Å². The maximum atomic E-state index is 13.6. The second kappa shape index (κ2) is 24.7. The van der Waals surface area contributed by atoms with E-state index >= 15 is 0 Å². The molecule has 2 heterocycles. The Hall–Kier alpha value is -6.90. The lowest BCUT2D eigenvalue weighted by Gasteiger charge is -2.18. The summed E-state index contributed by atoms with van der Waals surface area (Å²) in [5.41, 5.74) is 6.37. The van der Waals surface area contributed by atoms with Gasteiger partial charge in [0.1, 0.15) is 0 Å². The Morgan fingerprint density at radius 3 is 1.23 bits per heavy atom. The molecule has 0 radical (unpaired) electrons. The van der Waals surface area contributed by atoms with E-state index in [9.17, 15) is 36.7 Å². The first-order valence-electron chi connectivity index (χ1n) is 20.6. The van der Waals surface area contributed by atoms with Crippen molar-refractivity contribution in [3.63, 3.8) is 0 Å². The Bertz CT molecular complexity index is 2320. The molecule has 14 heteroatoms. The molecule has 2 aromatic heterocycles. The molecule has 0 amide bonds. The number of aromatic nitrogens is 2. The number of carbonyl (C=O) groups excluding carboxylic acids is 4. The molecule has 0 saturated carbocycles. The van der Waals surface area contributed by atoms with Gasteiger partial charge < -0.3 is 9.47 Å². The normalized spacial score (nSPS) is 11.7. The molecule has 0 saturated heterocycles. The second-order valence-corrected chi connectivity index (χ2v) is 14.5. The molecule has 0 aliphatic carbocycles. The maximum Gasteiger partial charge on any atom is 0.319 e. The topological polar surface area (TPSA) is 137 Å². The Balaban J connectivity index is 0.000000241. The summed E-state index contributed by atoms with van der Waals surface area (Å²) in [5.74, 6) is -5.20. The van der Waals surface area contributed by atoms with Crippen LogP contribution in [0.2, 0.25) is 0 Å². The highest BCUT2D eigenvalue weighted by Gasteiger charge is 2.23. The van der Waals surface area contributed by atoms with Crippen LogP contribution in [0.3, 0.4) is 0 Å². The molecule has 2 atom stereocenters. The van der Waals surface area contributed by atoms with Crippen LogP contribution in [0.15, 0.2) is 134 Å². The molecular formula is C50H48F4N4O6. The summed E-state index contributed by atoms with van der Waals surface area (Å²) in [4.78, 5) is 57.8. The van der Waals surface area contributed by atoms with Crippen LogP contribution in [0.25, 0.3) is 22.3 Å². The third-order valence-electron chi connectivity index (χ3n) is 9.86. The van der Waals surface area contributed by atoms with Gasteiger partial charge in [0.15, 0.2) is 34.8 Å². The van der Waals surface area contributed by atoms with Crippen LogP contribution in [0.1, 0.15) is 36.1 Å². The van der Waals surface area contributed by atoms with Crippen LogP contribution in [0.5, 0.6) is 0 Å². The summed E-state index contributed by atoms with van der Waals surface area (Å²) in [6, 6.07) is 28.2. The minimum atomic E-state index is -0.982. The lowest BCUT2D eigenvalue weighted by atomic mass is 9.96. The third kappa shape index (κ3) is 15.2. The quantitative estimate of drug-likeness (QED) is 0.0578. The fourth-order valence-electron chi connectivity index (χ4n) is 6.70. The molecule has 0 bridgehead atoms. The molecule has 0 aliphatic rings. The number of hydrogen-bond acceptors (Lipinski definition) is 10. The van der Waals surface area contributed by atoms with Crippen LogP contribution >= 0.6 is 0 Å². The van der Waals surface area contributed by atoms with Crippen LogP contribution in [-0.4, -0.2) is 71.9 Å². The van der Waals surface area contributed by atoms with E-state index in [2.05, 4.69) is 20.6 Å². The highest BCUT2D eigenvalue weighted by molar-refractivity contribution is 5.88. The van der Waals surface area contributed by atoms with Crippen LogP contribution in [0.4, 0.5) is 17.6 Å². The van der Waals surface area contributed by atoms with Gasteiger partial charge in [0.2, 0.25) is 0 Å². The van der Waals surface area contributed by atoms with Crippen molar-refractivity contribution in [2.24, 2.45) is 0 Å². The second-order valence-electron chi connectivity index (χ2n) is 14.5. The number of nitrogens with one attached hydrogen (secondary N) is 2. The number of halogens is 4. The number of nitrogens with zero attached hydrogens (tertiary/aromatic N) is 2. The fourth-order valence-corrected chi connectivity index (χ4v) is 6.70. The summed E-state index contributed by atoms with van der Waals surface area (Å²) in [6.07, 6.45) is 7.24. The summed E-state index contributed by atoms with van der Waals surface area (Å²) in [6.45, 7) is 3.51. The molecule has 64 heavy (non-hydrogen) atoms. The molecule has 0 spiro atoms. The van der Waals surface area contributed by atoms with Gasteiger partial charge in [-0.1, -0.05) is 60.7 Å². The van der Waals surface area contributed by atoms with Crippen molar-refractivity contribution in [2.75, 3.05) is 26.3 Å². The lowest BCUT2D eigenvalue weighted by molar-refractivity contribution is -0.143. The van der Waals surface area contributed by atoms with Gasteiger partial charge in [0.25, 0.3) is 0 Å². The van der Waals surface area contributed by atoms with Crippen molar-refractivity contribution in [2.45, 2.75) is 51.6 Å².